The van der Waals surface area contributed by atoms with Crippen LogP contribution in [-0.4, -0.2) is 30.1 Å². The second-order valence-corrected chi connectivity index (χ2v) is 7.83. The lowest BCUT2D eigenvalue weighted by Gasteiger charge is -2.07. The lowest BCUT2D eigenvalue weighted by molar-refractivity contribution is 0.414. The summed E-state index contributed by atoms with van der Waals surface area (Å²) in [5.74, 6) is 0.725. The Kier molecular flexibility index (Phi) is 4.09. The molecule has 2 heterocycles. The Morgan fingerprint density at radius 3 is 2.61 bits per heavy atom. The van der Waals surface area contributed by atoms with Crippen LogP contribution in [0.25, 0.3) is 4.96 Å². The number of fused-ring (bicyclic) bond motifs is 1. The highest BCUT2D eigenvalue weighted by atomic mass is 32.2. The topological polar surface area (TPSA) is 85.6 Å². The molecule has 0 atom stereocenters. The Hall–Kier alpha value is -1.97. The van der Waals surface area contributed by atoms with Crippen molar-refractivity contribution in [2.75, 3.05) is 7.11 Å². The van der Waals surface area contributed by atoms with Gasteiger partial charge >= 0.3 is 0 Å². The maximum atomic E-state index is 12.6. The van der Waals surface area contributed by atoms with Crippen LogP contribution in [0, 0.1) is 13.8 Å². The number of aromatic nitrogens is 3. The molecule has 122 valence electrons. The van der Waals surface area contributed by atoms with Gasteiger partial charge in [-0.2, -0.15) is 9.61 Å². The van der Waals surface area contributed by atoms with Gasteiger partial charge in [-0.3, -0.25) is 0 Å². The molecule has 1 aromatic carbocycles. The highest BCUT2D eigenvalue weighted by molar-refractivity contribution is 7.89. The zero-order valence-corrected chi connectivity index (χ0v) is 14.5. The summed E-state index contributed by atoms with van der Waals surface area (Å²) >= 11 is 1.36. The van der Waals surface area contributed by atoms with Crippen LogP contribution < -0.4 is 9.46 Å². The molecule has 0 aliphatic heterocycles. The van der Waals surface area contributed by atoms with Gasteiger partial charge in [-0.15, -0.1) is 0 Å². The molecule has 9 heteroatoms. The minimum absolute atomic E-state index is 0.0883. The number of hydrogen-bond acceptors (Lipinski definition) is 6. The molecule has 0 saturated heterocycles. The van der Waals surface area contributed by atoms with E-state index in [-0.39, 0.29) is 11.6 Å². The fraction of sp³-hybridized carbons (Fsp3) is 0.286. The van der Waals surface area contributed by atoms with E-state index in [1.54, 1.807) is 26.2 Å². The minimum Gasteiger partial charge on any atom is -0.497 e. The first-order valence-electron chi connectivity index (χ1n) is 6.86. The summed E-state index contributed by atoms with van der Waals surface area (Å²) in [6, 6.07) is 7.20. The largest absolute Gasteiger partial charge is 0.497 e. The second-order valence-electron chi connectivity index (χ2n) is 4.99. The van der Waals surface area contributed by atoms with Crippen LogP contribution in [0.5, 0.6) is 5.75 Å². The van der Waals surface area contributed by atoms with Crippen molar-refractivity contribution in [2.45, 2.75) is 25.4 Å². The van der Waals surface area contributed by atoms with Gasteiger partial charge in [-0.25, -0.2) is 18.1 Å². The van der Waals surface area contributed by atoms with Crippen molar-refractivity contribution in [2.24, 2.45) is 0 Å². The maximum Gasteiger partial charge on any atom is 0.260 e. The van der Waals surface area contributed by atoms with Gasteiger partial charge in [0.15, 0.2) is 5.03 Å². The third kappa shape index (κ3) is 3.07. The van der Waals surface area contributed by atoms with Crippen molar-refractivity contribution in [1.82, 2.24) is 19.3 Å². The molecule has 0 bridgehead atoms. The number of methoxy groups -OCH3 is 1. The van der Waals surface area contributed by atoms with Crippen molar-refractivity contribution in [3.63, 3.8) is 0 Å². The lowest BCUT2D eigenvalue weighted by atomic mass is 10.2. The molecule has 23 heavy (non-hydrogen) atoms. The molecule has 0 amide bonds. The summed E-state index contributed by atoms with van der Waals surface area (Å²) < 4.78 is 34.3. The third-order valence-electron chi connectivity index (χ3n) is 3.31. The molecule has 7 nitrogen and oxygen atoms in total. The molecule has 0 radical (unpaired) electrons. The molecule has 0 unspecified atom stereocenters. The van der Waals surface area contributed by atoms with Crippen molar-refractivity contribution in [3.8, 4) is 5.75 Å². The highest BCUT2D eigenvalue weighted by Crippen LogP contribution is 2.21. The van der Waals surface area contributed by atoms with E-state index < -0.39 is 10.0 Å². The minimum atomic E-state index is -3.71. The van der Waals surface area contributed by atoms with E-state index in [4.69, 9.17) is 4.74 Å². The Balaban J connectivity index is 1.86. The van der Waals surface area contributed by atoms with Gasteiger partial charge < -0.3 is 4.74 Å². The van der Waals surface area contributed by atoms with Crippen molar-refractivity contribution in [1.29, 1.82) is 0 Å². The number of benzene rings is 1. The van der Waals surface area contributed by atoms with Gasteiger partial charge in [0.25, 0.3) is 10.0 Å². The average Bonchev–Trinajstić information content (AvgIpc) is 2.99. The first-order chi connectivity index (χ1) is 10.9. The summed E-state index contributed by atoms with van der Waals surface area (Å²) in [6.07, 6.45) is 0. The standard InChI is InChI=1S/C14H16N4O3S2/c1-9-13(18-14(16-9)22-10(2)17-18)23(19,20)15-8-11-4-6-12(21-3)7-5-11/h4-7,15H,8H2,1-3H3. The Bertz CT molecular complexity index is 942. The van der Waals surface area contributed by atoms with Crippen LogP contribution in [0.4, 0.5) is 0 Å². The van der Waals surface area contributed by atoms with Crippen molar-refractivity contribution < 1.29 is 13.2 Å². The normalized spacial score (nSPS) is 12.0. The van der Waals surface area contributed by atoms with Crippen LogP contribution >= 0.6 is 11.3 Å². The number of sulfonamides is 1. The van der Waals surface area contributed by atoms with Crippen molar-refractivity contribution >= 4 is 26.3 Å². The summed E-state index contributed by atoms with van der Waals surface area (Å²) in [5.41, 5.74) is 1.27. The van der Waals surface area contributed by atoms with Gasteiger partial charge in [0.2, 0.25) is 4.96 Å². The van der Waals surface area contributed by atoms with E-state index in [9.17, 15) is 8.42 Å². The fourth-order valence-electron chi connectivity index (χ4n) is 2.22. The van der Waals surface area contributed by atoms with E-state index in [0.29, 0.717) is 10.7 Å². The van der Waals surface area contributed by atoms with Gasteiger partial charge in [0, 0.05) is 6.54 Å². The molecule has 0 aliphatic carbocycles. The van der Waals surface area contributed by atoms with Gasteiger partial charge in [-0.1, -0.05) is 23.5 Å². The number of ether oxygens (including phenoxy) is 1. The summed E-state index contributed by atoms with van der Waals surface area (Å²) in [6.45, 7) is 3.66. The monoisotopic (exact) mass is 352 g/mol. The van der Waals surface area contributed by atoms with Crippen LogP contribution in [0.3, 0.4) is 0 Å². The number of nitrogens with one attached hydrogen (secondary N) is 1. The SMILES string of the molecule is COc1ccc(CNS(=O)(=O)c2c(C)nc3sc(C)nn23)cc1. The first-order valence-corrected chi connectivity index (χ1v) is 9.16. The smallest absolute Gasteiger partial charge is 0.260 e. The third-order valence-corrected chi connectivity index (χ3v) is 5.63. The van der Waals surface area contributed by atoms with E-state index in [1.165, 1.54) is 15.9 Å². The highest BCUT2D eigenvalue weighted by Gasteiger charge is 2.25. The summed E-state index contributed by atoms with van der Waals surface area (Å²) in [5, 5.41) is 5.07. The molecule has 0 fully saturated rings. The van der Waals surface area contributed by atoms with Gasteiger partial charge in [0.05, 0.1) is 12.8 Å². The number of rotatable bonds is 5. The summed E-state index contributed by atoms with van der Waals surface area (Å²) in [4.78, 5) is 4.84. The molecular formula is C14H16N4O3S2. The molecule has 3 rings (SSSR count). The number of imidazole rings is 1. The number of aryl methyl sites for hydroxylation is 2. The Labute approximate surface area is 138 Å². The molecule has 1 N–H and O–H groups in total. The van der Waals surface area contributed by atoms with Crippen LogP contribution in [-0.2, 0) is 16.6 Å². The Morgan fingerprint density at radius 1 is 1.26 bits per heavy atom. The van der Waals surface area contributed by atoms with Crippen LogP contribution in [0.2, 0.25) is 0 Å². The second kappa shape index (κ2) is 5.91. The van der Waals surface area contributed by atoms with E-state index in [0.717, 1.165) is 16.3 Å². The zero-order chi connectivity index (χ0) is 16.6. The maximum absolute atomic E-state index is 12.6. The van der Waals surface area contributed by atoms with Crippen LogP contribution in [0.1, 0.15) is 16.3 Å². The molecule has 3 aromatic rings. The quantitative estimate of drug-likeness (QED) is 0.758. The Morgan fingerprint density at radius 2 is 1.96 bits per heavy atom. The fourth-order valence-corrected chi connectivity index (χ4v) is 4.35. The van der Waals surface area contributed by atoms with Crippen molar-refractivity contribution in [3.05, 3.63) is 40.5 Å². The molecule has 0 aliphatic rings. The first kappa shape index (κ1) is 15.9. The van der Waals surface area contributed by atoms with E-state index in [2.05, 4.69) is 14.8 Å². The lowest BCUT2D eigenvalue weighted by Crippen LogP contribution is -2.25. The number of nitrogens with zero attached hydrogens (tertiary/aromatic N) is 3. The predicted octanol–water partition coefficient (Wildman–Crippen LogP) is 1.89. The van der Waals surface area contributed by atoms with Crippen LogP contribution in [0.15, 0.2) is 29.3 Å². The summed E-state index contributed by atoms with van der Waals surface area (Å²) in [7, 11) is -2.13. The number of hydrogen-bond donors (Lipinski definition) is 1. The molecule has 0 saturated carbocycles. The predicted molar refractivity (Wildman–Crippen MR) is 87.4 cm³/mol. The van der Waals surface area contributed by atoms with Gasteiger partial charge in [0.1, 0.15) is 10.8 Å². The average molecular weight is 352 g/mol. The zero-order valence-electron chi connectivity index (χ0n) is 12.9. The molecular weight excluding hydrogens is 336 g/mol. The van der Waals surface area contributed by atoms with Gasteiger partial charge in [-0.05, 0) is 31.5 Å². The van der Waals surface area contributed by atoms with E-state index >= 15 is 0 Å². The molecule has 2 aromatic heterocycles. The molecule has 0 spiro atoms. The van der Waals surface area contributed by atoms with E-state index in [1.807, 2.05) is 19.1 Å².